The van der Waals surface area contributed by atoms with E-state index in [1.54, 1.807) is 23.6 Å². The fourth-order valence-corrected chi connectivity index (χ4v) is 4.28. The molecule has 3 aromatic rings. The number of hydrogen-bond acceptors (Lipinski definition) is 5. The number of aromatic nitrogens is 2. The minimum atomic E-state index is -4.06. The molecular weight excluding hydrogens is 346 g/mol. The molecule has 0 radical (unpaired) electrons. The molecule has 0 aliphatic rings. The van der Waals surface area contributed by atoms with E-state index in [0.717, 1.165) is 0 Å². The van der Waals surface area contributed by atoms with Crippen molar-refractivity contribution in [2.75, 3.05) is 4.72 Å². The highest BCUT2D eigenvalue weighted by molar-refractivity contribution is 7.92. The fraction of sp³-hybridized carbons (Fsp3) is 0.0769. The Bertz CT molecular complexity index is 1020. The minimum Gasteiger partial charge on any atom is -0.279 e. The molecule has 6 nitrogen and oxygen atoms in total. The minimum absolute atomic E-state index is 0.155. The topological polar surface area (TPSA) is 80.5 Å². The van der Waals surface area contributed by atoms with E-state index in [2.05, 4.69) is 9.71 Å². The van der Waals surface area contributed by atoms with E-state index in [0.29, 0.717) is 9.98 Å². The van der Waals surface area contributed by atoms with Gasteiger partial charge in [0.05, 0.1) is 11.4 Å². The van der Waals surface area contributed by atoms with Crippen LogP contribution in [-0.4, -0.2) is 17.8 Å². The first-order valence-corrected chi connectivity index (χ1v) is 8.87. The van der Waals surface area contributed by atoms with Crippen molar-refractivity contribution in [3.63, 3.8) is 0 Å². The lowest BCUT2D eigenvalue weighted by molar-refractivity contribution is 0.598. The molecule has 3 rings (SSSR count). The van der Waals surface area contributed by atoms with E-state index < -0.39 is 15.6 Å². The maximum Gasteiger partial charge on any atom is 0.279 e. The molecule has 0 aliphatic carbocycles. The second-order valence-electron chi connectivity index (χ2n) is 4.50. The Morgan fingerprint density at radius 1 is 1.36 bits per heavy atom. The van der Waals surface area contributed by atoms with Crippen LogP contribution in [0, 0.1) is 6.92 Å². The number of hydrogen-bond donors (Lipinski definition) is 1. The first-order valence-electron chi connectivity index (χ1n) is 6.13. The second-order valence-corrected chi connectivity index (χ2v) is 7.43. The molecular formula is C13H10ClN3O3S2. The number of nitrogens with zero attached hydrogens (tertiary/aromatic N) is 2. The first kappa shape index (κ1) is 15.0. The number of sulfonamides is 1. The third-order valence-electron chi connectivity index (χ3n) is 2.94. The summed E-state index contributed by atoms with van der Waals surface area (Å²) in [4.78, 5) is 16.6. The zero-order chi connectivity index (χ0) is 15.9. The Morgan fingerprint density at radius 3 is 2.86 bits per heavy atom. The van der Waals surface area contributed by atoms with Crippen LogP contribution in [0.1, 0.15) is 5.69 Å². The lowest BCUT2D eigenvalue weighted by atomic mass is 10.3. The van der Waals surface area contributed by atoms with E-state index >= 15 is 0 Å². The van der Waals surface area contributed by atoms with Gasteiger partial charge < -0.3 is 0 Å². The van der Waals surface area contributed by atoms with Crippen molar-refractivity contribution < 1.29 is 8.42 Å². The largest absolute Gasteiger partial charge is 0.279 e. The van der Waals surface area contributed by atoms with Crippen LogP contribution < -0.4 is 10.3 Å². The molecule has 0 fully saturated rings. The molecule has 0 amide bonds. The average molecular weight is 356 g/mol. The van der Waals surface area contributed by atoms with Crippen LogP contribution in [0.25, 0.3) is 4.96 Å². The molecule has 1 aromatic carbocycles. The number of fused-ring (bicyclic) bond motifs is 1. The highest BCUT2D eigenvalue weighted by atomic mass is 35.5. The predicted molar refractivity (Wildman–Crippen MR) is 86.3 cm³/mol. The van der Waals surface area contributed by atoms with Crippen molar-refractivity contribution >= 4 is 43.6 Å². The van der Waals surface area contributed by atoms with Crippen molar-refractivity contribution in [2.24, 2.45) is 0 Å². The monoisotopic (exact) mass is 355 g/mol. The average Bonchev–Trinajstić information content (AvgIpc) is 2.86. The summed E-state index contributed by atoms with van der Waals surface area (Å²) in [6.07, 6.45) is 1.49. The smallest absolute Gasteiger partial charge is 0.279 e. The highest BCUT2D eigenvalue weighted by Crippen LogP contribution is 2.20. The van der Waals surface area contributed by atoms with Crippen molar-refractivity contribution in [3.05, 3.63) is 56.9 Å². The van der Waals surface area contributed by atoms with Crippen LogP contribution >= 0.6 is 22.9 Å². The Balaban J connectivity index is 2.15. The molecule has 114 valence electrons. The van der Waals surface area contributed by atoms with Crippen LogP contribution in [0.3, 0.4) is 0 Å². The molecule has 0 saturated heterocycles. The van der Waals surface area contributed by atoms with Gasteiger partial charge in [-0.25, -0.2) is 13.4 Å². The molecule has 0 atom stereocenters. The van der Waals surface area contributed by atoms with E-state index in [-0.39, 0.29) is 16.3 Å². The van der Waals surface area contributed by atoms with Crippen LogP contribution in [0.15, 0.2) is 45.5 Å². The maximum absolute atomic E-state index is 12.5. The molecule has 0 spiro atoms. The van der Waals surface area contributed by atoms with Crippen molar-refractivity contribution in [1.82, 2.24) is 9.38 Å². The zero-order valence-corrected chi connectivity index (χ0v) is 13.7. The van der Waals surface area contributed by atoms with Gasteiger partial charge in [0.2, 0.25) is 0 Å². The standard InChI is InChI=1S/C13H10ClN3O3S2/c1-8-11(12(18)17-5-6-21-13(17)15-8)22(19,20)16-10-4-2-3-9(14)7-10/h2-7,16H,1H3. The summed E-state index contributed by atoms with van der Waals surface area (Å²) < 4.78 is 28.6. The summed E-state index contributed by atoms with van der Waals surface area (Å²) in [5.41, 5.74) is -0.193. The van der Waals surface area contributed by atoms with Crippen LogP contribution in [-0.2, 0) is 10.0 Å². The lowest BCUT2D eigenvalue weighted by Gasteiger charge is -2.09. The quantitative estimate of drug-likeness (QED) is 0.782. The van der Waals surface area contributed by atoms with Gasteiger partial charge in [0.25, 0.3) is 15.6 Å². The lowest BCUT2D eigenvalue weighted by Crippen LogP contribution is -2.27. The SMILES string of the molecule is Cc1nc2sccn2c(=O)c1S(=O)(=O)Nc1cccc(Cl)c1. The number of thiazole rings is 1. The number of anilines is 1. The van der Waals surface area contributed by atoms with Gasteiger partial charge in [0.15, 0.2) is 9.86 Å². The van der Waals surface area contributed by atoms with E-state index in [1.807, 2.05) is 0 Å². The summed E-state index contributed by atoms with van der Waals surface area (Å²) in [5, 5.41) is 2.06. The number of aryl methyl sites for hydroxylation is 1. The van der Waals surface area contributed by atoms with Gasteiger partial charge >= 0.3 is 0 Å². The zero-order valence-electron chi connectivity index (χ0n) is 11.3. The van der Waals surface area contributed by atoms with Crippen molar-refractivity contribution in [2.45, 2.75) is 11.8 Å². The van der Waals surface area contributed by atoms with Gasteiger partial charge in [-0.2, -0.15) is 0 Å². The van der Waals surface area contributed by atoms with Crippen molar-refractivity contribution in [1.29, 1.82) is 0 Å². The van der Waals surface area contributed by atoms with Gasteiger partial charge in [-0.1, -0.05) is 17.7 Å². The molecule has 2 aromatic heterocycles. The number of benzene rings is 1. The van der Waals surface area contributed by atoms with Gasteiger partial charge in [0, 0.05) is 16.6 Å². The molecule has 9 heteroatoms. The third-order valence-corrected chi connectivity index (χ3v) is 5.44. The molecule has 2 heterocycles. The molecule has 22 heavy (non-hydrogen) atoms. The Kier molecular flexibility index (Phi) is 3.67. The highest BCUT2D eigenvalue weighted by Gasteiger charge is 2.24. The normalized spacial score (nSPS) is 11.7. The van der Waals surface area contributed by atoms with Crippen molar-refractivity contribution in [3.8, 4) is 0 Å². The summed E-state index contributed by atoms with van der Waals surface area (Å²) in [6.45, 7) is 1.49. The Morgan fingerprint density at radius 2 is 2.14 bits per heavy atom. The van der Waals surface area contributed by atoms with E-state index in [9.17, 15) is 13.2 Å². The van der Waals surface area contributed by atoms with Gasteiger partial charge in [-0.3, -0.25) is 13.9 Å². The Labute approximate surface area is 135 Å². The van der Waals surface area contributed by atoms with Gasteiger partial charge in [-0.05, 0) is 25.1 Å². The Hall–Kier alpha value is -1.90. The van der Waals surface area contributed by atoms with Crippen LogP contribution in [0.2, 0.25) is 5.02 Å². The number of halogens is 1. The second kappa shape index (κ2) is 5.38. The van der Waals surface area contributed by atoms with E-state index in [4.69, 9.17) is 11.6 Å². The summed E-state index contributed by atoms with van der Waals surface area (Å²) >= 11 is 7.09. The fourth-order valence-electron chi connectivity index (χ4n) is 2.03. The molecule has 1 N–H and O–H groups in total. The van der Waals surface area contributed by atoms with Gasteiger partial charge in [0.1, 0.15) is 0 Å². The molecule has 0 unspecified atom stereocenters. The molecule has 0 saturated carbocycles. The molecule has 0 aliphatic heterocycles. The maximum atomic E-state index is 12.5. The summed E-state index contributed by atoms with van der Waals surface area (Å²) in [5.74, 6) is 0. The van der Waals surface area contributed by atoms with Gasteiger partial charge in [-0.15, -0.1) is 11.3 Å². The number of rotatable bonds is 3. The summed E-state index contributed by atoms with van der Waals surface area (Å²) in [7, 11) is -4.06. The van der Waals surface area contributed by atoms with E-state index in [1.165, 1.54) is 34.9 Å². The van der Waals surface area contributed by atoms with Crippen LogP contribution in [0.5, 0.6) is 0 Å². The summed E-state index contributed by atoms with van der Waals surface area (Å²) in [6, 6.07) is 6.24. The molecule has 0 bridgehead atoms. The van der Waals surface area contributed by atoms with Crippen LogP contribution in [0.4, 0.5) is 5.69 Å². The predicted octanol–water partition coefficient (Wildman–Crippen LogP) is 2.52. The first-order chi connectivity index (χ1) is 10.4. The number of nitrogens with one attached hydrogen (secondary N) is 1. The third kappa shape index (κ3) is 2.60.